The molecule has 0 nitrogen and oxygen atoms in total. The van der Waals surface area contributed by atoms with Gasteiger partial charge in [-0.15, -0.1) is 23.5 Å². The summed E-state index contributed by atoms with van der Waals surface area (Å²) in [6.07, 6.45) is 4.29. The van der Waals surface area contributed by atoms with Gasteiger partial charge in [-0.05, 0) is 42.1 Å². The highest BCUT2D eigenvalue weighted by molar-refractivity contribution is 8.18. The average Bonchev–Trinajstić information content (AvgIpc) is 2.33. The third-order valence-corrected chi connectivity index (χ3v) is 7.72. The van der Waals surface area contributed by atoms with Crippen LogP contribution in [0.5, 0.6) is 0 Å². The van der Waals surface area contributed by atoms with E-state index in [9.17, 15) is 0 Å². The highest BCUT2D eigenvalue weighted by atomic mass is 32.2. The minimum Gasteiger partial charge on any atom is -0.144 e. The van der Waals surface area contributed by atoms with Gasteiger partial charge < -0.3 is 0 Å². The van der Waals surface area contributed by atoms with Crippen LogP contribution in [-0.4, -0.2) is 15.6 Å². The lowest BCUT2D eigenvalue weighted by atomic mass is 9.83. The quantitative estimate of drug-likeness (QED) is 0.600. The Morgan fingerprint density at radius 2 is 1.69 bits per heavy atom. The van der Waals surface area contributed by atoms with Crippen molar-refractivity contribution < 1.29 is 0 Å². The molecule has 13 heavy (non-hydrogen) atoms. The molecule has 1 spiro atoms. The van der Waals surface area contributed by atoms with E-state index in [0.29, 0.717) is 9.49 Å². The number of hydrogen-bond acceptors (Lipinski definition) is 2. The second-order valence-electron chi connectivity index (χ2n) is 5.07. The van der Waals surface area contributed by atoms with Crippen LogP contribution in [0.4, 0.5) is 0 Å². The van der Waals surface area contributed by atoms with Crippen LogP contribution in [0.1, 0.15) is 40.0 Å². The normalized spacial score (nSPS) is 36.7. The van der Waals surface area contributed by atoms with Crippen molar-refractivity contribution in [3.05, 3.63) is 0 Å². The third-order valence-electron chi connectivity index (χ3n) is 3.93. The van der Waals surface area contributed by atoms with Crippen molar-refractivity contribution >= 4 is 23.5 Å². The minimum atomic E-state index is 0.581. The molecule has 2 fully saturated rings. The van der Waals surface area contributed by atoms with Gasteiger partial charge in [-0.3, -0.25) is 0 Å². The Kier molecular flexibility index (Phi) is 2.65. The molecule has 0 aromatic heterocycles. The van der Waals surface area contributed by atoms with Gasteiger partial charge in [-0.1, -0.05) is 20.8 Å². The van der Waals surface area contributed by atoms with Gasteiger partial charge in [0.05, 0.1) is 4.08 Å². The molecule has 1 atom stereocenters. The Morgan fingerprint density at radius 1 is 1.08 bits per heavy atom. The van der Waals surface area contributed by atoms with Crippen molar-refractivity contribution in [1.29, 1.82) is 0 Å². The van der Waals surface area contributed by atoms with Crippen LogP contribution in [0.25, 0.3) is 0 Å². The van der Waals surface area contributed by atoms with Crippen LogP contribution in [-0.2, 0) is 0 Å². The Balaban J connectivity index is 2.15. The fourth-order valence-corrected chi connectivity index (χ4v) is 6.42. The Morgan fingerprint density at radius 3 is 2.15 bits per heavy atom. The summed E-state index contributed by atoms with van der Waals surface area (Å²) in [5.41, 5.74) is 0.581. The summed E-state index contributed by atoms with van der Waals surface area (Å²) in [6, 6.07) is 0. The molecule has 2 aliphatic rings. The summed E-state index contributed by atoms with van der Waals surface area (Å²) in [7, 11) is 0. The number of thioether (sulfide) groups is 2. The monoisotopic (exact) mass is 216 g/mol. The Hall–Kier alpha value is 0.700. The Labute approximate surface area is 90.6 Å². The minimum absolute atomic E-state index is 0.581. The van der Waals surface area contributed by atoms with E-state index in [4.69, 9.17) is 0 Å². The molecule has 1 aliphatic carbocycles. The molecular formula is C11H20S2. The summed E-state index contributed by atoms with van der Waals surface area (Å²) in [4.78, 5) is 0. The molecular weight excluding hydrogens is 196 g/mol. The molecule has 0 bridgehead atoms. The molecule has 1 saturated carbocycles. The first-order valence-corrected chi connectivity index (χ1v) is 7.32. The summed E-state index contributed by atoms with van der Waals surface area (Å²) in [6.45, 7) is 7.36. The zero-order chi connectivity index (χ0) is 9.53. The molecule has 1 heterocycles. The van der Waals surface area contributed by atoms with Crippen molar-refractivity contribution in [2.24, 2.45) is 11.3 Å². The zero-order valence-corrected chi connectivity index (χ0v) is 10.6. The van der Waals surface area contributed by atoms with Gasteiger partial charge in [0, 0.05) is 0 Å². The summed E-state index contributed by atoms with van der Waals surface area (Å²) >= 11 is 4.49. The highest BCUT2D eigenvalue weighted by Crippen LogP contribution is 2.61. The maximum atomic E-state index is 2.47. The van der Waals surface area contributed by atoms with E-state index < -0.39 is 0 Å². The van der Waals surface area contributed by atoms with E-state index in [-0.39, 0.29) is 0 Å². The van der Waals surface area contributed by atoms with Crippen LogP contribution in [0.2, 0.25) is 0 Å². The van der Waals surface area contributed by atoms with Gasteiger partial charge in [-0.2, -0.15) is 0 Å². The largest absolute Gasteiger partial charge is 0.144 e. The van der Waals surface area contributed by atoms with Gasteiger partial charge in [0.25, 0.3) is 0 Å². The number of hydrogen-bond donors (Lipinski definition) is 0. The molecule has 76 valence electrons. The van der Waals surface area contributed by atoms with Gasteiger partial charge in [-0.25, -0.2) is 0 Å². The molecule has 0 aromatic rings. The van der Waals surface area contributed by atoms with E-state index >= 15 is 0 Å². The predicted molar refractivity (Wildman–Crippen MR) is 64.4 cm³/mol. The molecule has 2 rings (SSSR count). The van der Waals surface area contributed by atoms with Gasteiger partial charge in [0.1, 0.15) is 0 Å². The van der Waals surface area contributed by atoms with Crippen molar-refractivity contribution in [2.45, 2.75) is 44.1 Å². The first-order valence-electron chi connectivity index (χ1n) is 5.35. The average molecular weight is 216 g/mol. The standard InChI is InChI=1S/C11H20S2/c1-9-10(2,3)5-6-11(9)12-7-4-8-13-11/h9H,4-8H2,1-3H3. The van der Waals surface area contributed by atoms with Gasteiger partial charge in [0.2, 0.25) is 0 Å². The molecule has 1 aliphatic heterocycles. The van der Waals surface area contributed by atoms with Crippen LogP contribution in [0, 0.1) is 11.3 Å². The number of rotatable bonds is 0. The molecule has 1 saturated heterocycles. The molecule has 1 unspecified atom stereocenters. The van der Waals surface area contributed by atoms with Crippen molar-refractivity contribution in [3.8, 4) is 0 Å². The van der Waals surface area contributed by atoms with Crippen LogP contribution >= 0.6 is 23.5 Å². The highest BCUT2D eigenvalue weighted by Gasteiger charge is 2.51. The summed E-state index contributed by atoms with van der Waals surface area (Å²) in [5.74, 6) is 3.68. The summed E-state index contributed by atoms with van der Waals surface area (Å²) in [5, 5.41) is 0. The maximum absolute atomic E-state index is 2.47. The van der Waals surface area contributed by atoms with Crippen molar-refractivity contribution in [2.75, 3.05) is 11.5 Å². The van der Waals surface area contributed by atoms with E-state index in [1.54, 1.807) is 0 Å². The summed E-state index contributed by atoms with van der Waals surface area (Å²) < 4.78 is 0.599. The van der Waals surface area contributed by atoms with E-state index in [2.05, 4.69) is 44.3 Å². The van der Waals surface area contributed by atoms with Gasteiger partial charge in [0.15, 0.2) is 0 Å². The van der Waals surface area contributed by atoms with Crippen LogP contribution in [0.3, 0.4) is 0 Å². The van der Waals surface area contributed by atoms with E-state index in [1.807, 2.05) is 0 Å². The lowest BCUT2D eigenvalue weighted by Crippen LogP contribution is -2.32. The van der Waals surface area contributed by atoms with Crippen molar-refractivity contribution in [3.63, 3.8) is 0 Å². The van der Waals surface area contributed by atoms with E-state index in [0.717, 1.165) is 5.92 Å². The first kappa shape index (κ1) is 10.2. The zero-order valence-electron chi connectivity index (χ0n) is 8.93. The predicted octanol–water partition coefficient (Wildman–Crippen LogP) is 4.01. The smallest absolute Gasteiger partial charge is 0.0641 e. The molecule has 0 radical (unpaired) electrons. The van der Waals surface area contributed by atoms with Crippen LogP contribution in [0.15, 0.2) is 0 Å². The maximum Gasteiger partial charge on any atom is 0.0641 e. The second kappa shape index (κ2) is 3.37. The molecule has 2 heteroatoms. The molecule has 0 amide bonds. The fourth-order valence-electron chi connectivity index (χ4n) is 2.51. The topological polar surface area (TPSA) is 0 Å². The first-order chi connectivity index (χ1) is 6.07. The fraction of sp³-hybridized carbons (Fsp3) is 1.00. The second-order valence-corrected chi connectivity index (χ2v) is 8.18. The SMILES string of the molecule is CC1C(C)(C)CCC12SCCCS2. The lowest BCUT2D eigenvalue weighted by Gasteiger charge is -2.39. The third kappa shape index (κ3) is 1.65. The lowest BCUT2D eigenvalue weighted by molar-refractivity contribution is 0.278. The molecule has 0 aromatic carbocycles. The van der Waals surface area contributed by atoms with Crippen molar-refractivity contribution in [1.82, 2.24) is 0 Å². The van der Waals surface area contributed by atoms with Crippen LogP contribution < -0.4 is 0 Å². The van der Waals surface area contributed by atoms with E-state index in [1.165, 1.54) is 30.8 Å². The molecule has 0 N–H and O–H groups in total. The Bertz CT molecular complexity index is 192. The van der Waals surface area contributed by atoms with Gasteiger partial charge >= 0.3 is 0 Å².